The molecule has 0 bridgehead atoms. The molecule has 0 atom stereocenters. The van der Waals surface area contributed by atoms with Crippen molar-refractivity contribution in [1.29, 1.82) is 0 Å². The molecule has 0 aliphatic rings. The summed E-state index contributed by atoms with van der Waals surface area (Å²) >= 11 is 0. The fourth-order valence-corrected chi connectivity index (χ4v) is 2.23. The van der Waals surface area contributed by atoms with Crippen molar-refractivity contribution in [2.24, 2.45) is 5.10 Å². The van der Waals surface area contributed by atoms with Gasteiger partial charge >= 0.3 is 0 Å². The minimum absolute atomic E-state index is 0.211. The van der Waals surface area contributed by atoms with E-state index in [2.05, 4.69) is 10.5 Å². The first kappa shape index (κ1) is 15.8. The monoisotopic (exact) mass is 296 g/mol. The molecule has 0 heterocycles. The molecule has 0 radical (unpaired) electrons. The molecule has 0 aliphatic carbocycles. The molecule has 0 spiro atoms. The average molecular weight is 296 g/mol. The normalized spacial score (nSPS) is 10.7. The van der Waals surface area contributed by atoms with Gasteiger partial charge in [-0.1, -0.05) is 18.2 Å². The predicted octanol–water partition coefficient (Wildman–Crippen LogP) is 3.38. The molecule has 1 amide bonds. The molecular weight excluding hydrogens is 276 g/mol. The van der Waals surface area contributed by atoms with E-state index in [0.717, 1.165) is 28.0 Å². The molecule has 4 heteroatoms. The Morgan fingerprint density at radius 2 is 1.82 bits per heavy atom. The standard InChI is InChI=1S/C18H20N2O2/c1-12-7-5-6-8-16(12)18(21)20-19-11-15-9-10-17(22-4)14(3)13(15)2/h5-11H,1-4H3,(H,20,21). The van der Waals surface area contributed by atoms with E-state index in [-0.39, 0.29) is 5.91 Å². The lowest BCUT2D eigenvalue weighted by atomic mass is 10.0. The van der Waals surface area contributed by atoms with Crippen molar-refractivity contribution in [2.75, 3.05) is 7.11 Å². The second-order valence-corrected chi connectivity index (χ2v) is 5.12. The molecule has 0 aromatic heterocycles. The maximum absolute atomic E-state index is 12.1. The Morgan fingerprint density at radius 1 is 1.09 bits per heavy atom. The number of hydrogen-bond acceptors (Lipinski definition) is 3. The van der Waals surface area contributed by atoms with Crippen molar-refractivity contribution in [3.05, 3.63) is 64.2 Å². The van der Waals surface area contributed by atoms with Gasteiger partial charge in [-0.3, -0.25) is 4.79 Å². The van der Waals surface area contributed by atoms with Gasteiger partial charge in [0.15, 0.2) is 0 Å². The Morgan fingerprint density at radius 3 is 2.50 bits per heavy atom. The van der Waals surface area contributed by atoms with E-state index >= 15 is 0 Å². The van der Waals surface area contributed by atoms with Gasteiger partial charge in [-0.05, 0) is 61.2 Å². The summed E-state index contributed by atoms with van der Waals surface area (Å²) in [7, 11) is 1.65. The summed E-state index contributed by atoms with van der Waals surface area (Å²) in [5.41, 5.74) is 7.20. The minimum Gasteiger partial charge on any atom is -0.496 e. The van der Waals surface area contributed by atoms with Crippen molar-refractivity contribution >= 4 is 12.1 Å². The zero-order valence-electron chi connectivity index (χ0n) is 13.3. The van der Waals surface area contributed by atoms with Gasteiger partial charge < -0.3 is 4.74 Å². The Hall–Kier alpha value is -2.62. The van der Waals surface area contributed by atoms with E-state index in [1.54, 1.807) is 19.4 Å². The SMILES string of the molecule is COc1ccc(C=NNC(=O)c2ccccc2C)c(C)c1C. The van der Waals surface area contributed by atoms with E-state index < -0.39 is 0 Å². The number of carbonyl (C=O) groups is 1. The smallest absolute Gasteiger partial charge is 0.271 e. The van der Waals surface area contributed by atoms with Crippen LogP contribution < -0.4 is 10.2 Å². The van der Waals surface area contributed by atoms with E-state index in [1.807, 2.05) is 51.1 Å². The number of ether oxygens (including phenoxy) is 1. The summed E-state index contributed by atoms with van der Waals surface area (Å²) in [5.74, 6) is 0.635. The number of nitrogens with one attached hydrogen (secondary N) is 1. The van der Waals surface area contributed by atoms with Crippen LogP contribution in [-0.2, 0) is 0 Å². The highest BCUT2D eigenvalue weighted by Gasteiger charge is 2.07. The van der Waals surface area contributed by atoms with Gasteiger partial charge in [0.25, 0.3) is 5.91 Å². The largest absolute Gasteiger partial charge is 0.496 e. The molecule has 0 fully saturated rings. The topological polar surface area (TPSA) is 50.7 Å². The summed E-state index contributed by atoms with van der Waals surface area (Å²) in [6.45, 7) is 5.90. The molecule has 22 heavy (non-hydrogen) atoms. The first-order chi connectivity index (χ1) is 10.5. The van der Waals surface area contributed by atoms with Gasteiger partial charge in [0.1, 0.15) is 5.75 Å². The summed E-state index contributed by atoms with van der Waals surface area (Å²) in [5, 5.41) is 4.05. The molecule has 0 unspecified atom stereocenters. The first-order valence-corrected chi connectivity index (χ1v) is 7.08. The molecular formula is C18H20N2O2. The fourth-order valence-electron chi connectivity index (χ4n) is 2.23. The Balaban J connectivity index is 2.12. The van der Waals surface area contributed by atoms with Crippen molar-refractivity contribution in [3.8, 4) is 5.75 Å². The zero-order valence-corrected chi connectivity index (χ0v) is 13.3. The van der Waals surface area contributed by atoms with Crippen LogP contribution in [0.1, 0.15) is 32.6 Å². The molecule has 0 saturated heterocycles. The molecule has 4 nitrogen and oxygen atoms in total. The molecule has 2 rings (SSSR count). The zero-order chi connectivity index (χ0) is 16.1. The van der Waals surface area contributed by atoms with Crippen LogP contribution in [0.3, 0.4) is 0 Å². The van der Waals surface area contributed by atoms with Crippen LogP contribution >= 0.6 is 0 Å². The third-order valence-corrected chi connectivity index (χ3v) is 3.76. The van der Waals surface area contributed by atoms with Crippen LogP contribution in [0.25, 0.3) is 0 Å². The molecule has 0 saturated carbocycles. The third kappa shape index (κ3) is 3.34. The number of methoxy groups -OCH3 is 1. The van der Waals surface area contributed by atoms with Crippen molar-refractivity contribution in [2.45, 2.75) is 20.8 Å². The van der Waals surface area contributed by atoms with Crippen LogP contribution in [0.15, 0.2) is 41.5 Å². The summed E-state index contributed by atoms with van der Waals surface area (Å²) in [4.78, 5) is 12.1. The average Bonchev–Trinajstić information content (AvgIpc) is 2.52. The van der Waals surface area contributed by atoms with Gasteiger partial charge in [0, 0.05) is 5.56 Å². The van der Waals surface area contributed by atoms with E-state index in [9.17, 15) is 4.79 Å². The fraction of sp³-hybridized carbons (Fsp3) is 0.222. The molecule has 2 aromatic rings. The lowest BCUT2D eigenvalue weighted by Gasteiger charge is -2.09. The van der Waals surface area contributed by atoms with Gasteiger partial charge in [-0.15, -0.1) is 0 Å². The van der Waals surface area contributed by atoms with E-state index in [4.69, 9.17) is 4.74 Å². The van der Waals surface area contributed by atoms with Gasteiger partial charge in [-0.2, -0.15) is 5.10 Å². The van der Waals surface area contributed by atoms with Crippen molar-refractivity contribution in [3.63, 3.8) is 0 Å². The Bertz CT molecular complexity index is 721. The molecule has 0 aliphatic heterocycles. The number of carbonyl (C=O) groups excluding carboxylic acids is 1. The maximum Gasteiger partial charge on any atom is 0.271 e. The van der Waals surface area contributed by atoms with Gasteiger partial charge in [0.05, 0.1) is 13.3 Å². The number of rotatable bonds is 4. The third-order valence-electron chi connectivity index (χ3n) is 3.76. The lowest BCUT2D eigenvalue weighted by Crippen LogP contribution is -2.18. The van der Waals surface area contributed by atoms with Crippen LogP contribution in [-0.4, -0.2) is 19.2 Å². The minimum atomic E-state index is -0.211. The van der Waals surface area contributed by atoms with Crippen molar-refractivity contribution < 1.29 is 9.53 Å². The van der Waals surface area contributed by atoms with Gasteiger partial charge in [0.2, 0.25) is 0 Å². The van der Waals surface area contributed by atoms with Crippen LogP contribution in [0, 0.1) is 20.8 Å². The number of nitrogens with zero attached hydrogens (tertiary/aromatic N) is 1. The number of hydrogen-bond donors (Lipinski definition) is 1. The highest BCUT2D eigenvalue weighted by Crippen LogP contribution is 2.22. The highest BCUT2D eigenvalue weighted by molar-refractivity contribution is 5.96. The number of amides is 1. The van der Waals surface area contributed by atoms with Crippen LogP contribution in [0.4, 0.5) is 0 Å². The predicted molar refractivity (Wildman–Crippen MR) is 88.7 cm³/mol. The Labute approximate surface area is 130 Å². The Kier molecular flexibility index (Phi) is 4.94. The number of benzene rings is 2. The van der Waals surface area contributed by atoms with E-state index in [1.165, 1.54) is 0 Å². The molecule has 1 N–H and O–H groups in total. The van der Waals surface area contributed by atoms with Crippen LogP contribution in [0.5, 0.6) is 5.75 Å². The quantitative estimate of drug-likeness (QED) is 0.694. The van der Waals surface area contributed by atoms with Crippen LogP contribution in [0.2, 0.25) is 0 Å². The molecule has 2 aromatic carbocycles. The maximum atomic E-state index is 12.1. The van der Waals surface area contributed by atoms with E-state index in [0.29, 0.717) is 5.56 Å². The summed E-state index contributed by atoms with van der Waals surface area (Å²) < 4.78 is 5.28. The first-order valence-electron chi connectivity index (χ1n) is 7.08. The lowest BCUT2D eigenvalue weighted by molar-refractivity contribution is 0.0954. The number of aryl methyl sites for hydroxylation is 1. The summed E-state index contributed by atoms with van der Waals surface area (Å²) in [6.07, 6.45) is 1.65. The van der Waals surface area contributed by atoms with Gasteiger partial charge in [-0.25, -0.2) is 5.43 Å². The summed E-state index contributed by atoms with van der Waals surface area (Å²) in [6, 6.07) is 11.2. The second-order valence-electron chi connectivity index (χ2n) is 5.12. The highest BCUT2D eigenvalue weighted by atomic mass is 16.5. The molecule has 114 valence electrons. The second kappa shape index (κ2) is 6.89. The van der Waals surface area contributed by atoms with Crippen molar-refractivity contribution in [1.82, 2.24) is 5.43 Å². The number of hydrazone groups is 1.